The van der Waals surface area contributed by atoms with E-state index >= 15 is 0 Å². The Balaban J connectivity index is 1.61. The maximum Gasteiger partial charge on any atom is 0.104 e. The van der Waals surface area contributed by atoms with Gasteiger partial charge < -0.3 is 20.1 Å². The highest BCUT2D eigenvalue weighted by Gasteiger charge is 2.32. The molecule has 0 spiro atoms. The predicted molar refractivity (Wildman–Crippen MR) is 68.1 cm³/mol. The molecule has 0 amide bonds. The second-order valence-electron chi connectivity index (χ2n) is 5.29. The van der Waals surface area contributed by atoms with Gasteiger partial charge in [-0.3, -0.25) is 0 Å². The monoisotopic (exact) mass is 242 g/mol. The van der Waals surface area contributed by atoms with E-state index in [2.05, 4.69) is 4.90 Å². The zero-order valence-corrected chi connectivity index (χ0v) is 10.8. The summed E-state index contributed by atoms with van der Waals surface area (Å²) in [5.41, 5.74) is 5.64. The lowest BCUT2D eigenvalue weighted by atomic mass is 9.96. The molecule has 2 N–H and O–H groups in total. The van der Waals surface area contributed by atoms with Crippen molar-refractivity contribution in [3.63, 3.8) is 0 Å². The third kappa shape index (κ3) is 3.91. The van der Waals surface area contributed by atoms with Crippen LogP contribution in [-0.2, 0) is 9.47 Å². The van der Waals surface area contributed by atoms with Gasteiger partial charge in [0, 0.05) is 26.3 Å². The minimum atomic E-state index is -0.191. The van der Waals surface area contributed by atoms with E-state index in [0.717, 1.165) is 32.5 Å². The summed E-state index contributed by atoms with van der Waals surface area (Å²) in [5, 5.41) is 0. The molecule has 2 aliphatic rings. The lowest BCUT2D eigenvalue weighted by Gasteiger charge is -2.36. The second kappa shape index (κ2) is 6.69. The van der Waals surface area contributed by atoms with E-state index in [1.54, 1.807) is 0 Å². The van der Waals surface area contributed by atoms with Gasteiger partial charge in [-0.25, -0.2) is 0 Å². The van der Waals surface area contributed by atoms with Crippen molar-refractivity contribution >= 4 is 0 Å². The minimum Gasteiger partial charge on any atom is -0.378 e. The van der Waals surface area contributed by atoms with Gasteiger partial charge in [-0.2, -0.15) is 0 Å². The molecule has 2 rings (SSSR count). The maximum absolute atomic E-state index is 6.00. The molecule has 2 aliphatic heterocycles. The van der Waals surface area contributed by atoms with E-state index in [4.69, 9.17) is 15.2 Å². The summed E-state index contributed by atoms with van der Waals surface area (Å²) < 4.78 is 11.5. The van der Waals surface area contributed by atoms with Gasteiger partial charge in [-0.05, 0) is 45.2 Å². The molecule has 0 aromatic carbocycles. The van der Waals surface area contributed by atoms with Gasteiger partial charge in [0.25, 0.3) is 0 Å². The number of likely N-dealkylation sites (tertiary alicyclic amines) is 1. The SMILES string of the molecule is NCC1(OCCCN2CCCC2)CCCOC1. The molecular weight excluding hydrogens is 216 g/mol. The van der Waals surface area contributed by atoms with E-state index in [1.165, 1.54) is 32.5 Å². The van der Waals surface area contributed by atoms with Crippen LogP contribution in [0.1, 0.15) is 32.1 Å². The zero-order chi connectivity index (χ0) is 12.0. The van der Waals surface area contributed by atoms with E-state index in [1.807, 2.05) is 0 Å². The molecule has 1 atom stereocenters. The number of nitrogens with zero attached hydrogens (tertiary/aromatic N) is 1. The van der Waals surface area contributed by atoms with Gasteiger partial charge in [0.2, 0.25) is 0 Å². The van der Waals surface area contributed by atoms with E-state index in [0.29, 0.717) is 13.2 Å². The Morgan fingerprint density at radius 2 is 2.06 bits per heavy atom. The van der Waals surface area contributed by atoms with Crippen molar-refractivity contribution in [2.45, 2.75) is 37.7 Å². The molecule has 2 saturated heterocycles. The van der Waals surface area contributed by atoms with Gasteiger partial charge >= 0.3 is 0 Å². The van der Waals surface area contributed by atoms with Crippen molar-refractivity contribution in [1.82, 2.24) is 4.90 Å². The highest BCUT2D eigenvalue weighted by Crippen LogP contribution is 2.22. The molecule has 0 saturated carbocycles. The number of hydrogen-bond acceptors (Lipinski definition) is 4. The Kier molecular flexibility index (Phi) is 5.22. The smallest absolute Gasteiger partial charge is 0.104 e. The minimum absolute atomic E-state index is 0.191. The van der Waals surface area contributed by atoms with Crippen molar-refractivity contribution in [3.05, 3.63) is 0 Å². The standard InChI is InChI=1S/C13H26N2O2/c14-11-13(5-3-9-16-12-13)17-10-4-8-15-6-1-2-7-15/h1-12,14H2. The van der Waals surface area contributed by atoms with Crippen LogP contribution >= 0.6 is 0 Å². The molecule has 17 heavy (non-hydrogen) atoms. The Labute approximate surface area is 104 Å². The average molecular weight is 242 g/mol. The fraction of sp³-hybridized carbons (Fsp3) is 1.00. The quantitative estimate of drug-likeness (QED) is 0.706. The Morgan fingerprint density at radius 3 is 2.71 bits per heavy atom. The van der Waals surface area contributed by atoms with Crippen LogP contribution in [0.3, 0.4) is 0 Å². The van der Waals surface area contributed by atoms with Gasteiger partial charge in [0.05, 0.1) is 6.61 Å². The van der Waals surface area contributed by atoms with E-state index in [-0.39, 0.29) is 5.60 Å². The van der Waals surface area contributed by atoms with Gasteiger partial charge in [-0.15, -0.1) is 0 Å². The fourth-order valence-corrected chi connectivity index (χ4v) is 2.74. The topological polar surface area (TPSA) is 47.7 Å². The molecule has 4 heteroatoms. The molecule has 4 nitrogen and oxygen atoms in total. The van der Waals surface area contributed by atoms with Crippen LogP contribution < -0.4 is 5.73 Å². The summed E-state index contributed by atoms with van der Waals surface area (Å²) in [5.74, 6) is 0. The van der Waals surface area contributed by atoms with Crippen LogP contribution in [-0.4, -0.2) is 56.5 Å². The summed E-state index contributed by atoms with van der Waals surface area (Å²) in [6.45, 7) is 6.64. The average Bonchev–Trinajstić information content (AvgIpc) is 2.89. The maximum atomic E-state index is 6.00. The molecule has 0 aromatic rings. The normalized spacial score (nSPS) is 30.9. The summed E-state index contributed by atoms with van der Waals surface area (Å²) in [6.07, 6.45) is 5.96. The number of nitrogens with two attached hydrogens (primary N) is 1. The third-order valence-electron chi connectivity index (χ3n) is 3.88. The Bertz CT molecular complexity index is 211. The first-order valence-electron chi connectivity index (χ1n) is 6.99. The Hall–Kier alpha value is -0.160. The summed E-state index contributed by atoms with van der Waals surface area (Å²) in [6, 6.07) is 0. The summed E-state index contributed by atoms with van der Waals surface area (Å²) in [7, 11) is 0. The van der Waals surface area contributed by atoms with Crippen molar-refractivity contribution in [1.29, 1.82) is 0 Å². The Morgan fingerprint density at radius 1 is 1.24 bits per heavy atom. The second-order valence-corrected chi connectivity index (χ2v) is 5.29. The highest BCUT2D eigenvalue weighted by atomic mass is 16.5. The molecule has 100 valence electrons. The van der Waals surface area contributed by atoms with E-state index < -0.39 is 0 Å². The first-order chi connectivity index (χ1) is 8.35. The number of ether oxygens (including phenoxy) is 2. The molecule has 0 aromatic heterocycles. The van der Waals surface area contributed by atoms with Crippen LogP contribution in [0, 0.1) is 0 Å². The van der Waals surface area contributed by atoms with Crippen LogP contribution in [0.2, 0.25) is 0 Å². The van der Waals surface area contributed by atoms with Gasteiger partial charge in [0.15, 0.2) is 0 Å². The zero-order valence-electron chi connectivity index (χ0n) is 10.8. The molecule has 0 bridgehead atoms. The van der Waals surface area contributed by atoms with Gasteiger partial charge in [-0.1, -0.05) is 0 Å². The first-order valence-corrected chi connectivity index (χ1v) is 6.99. The van der Waals surface area contributed by atoms with E-state index in [9.17, 15) is 0 Å². The largest absolute Gasteiger partial charge is 0.378 e. The van der Waals surface area contributed by atoms with Gasteiger partial charge in [0.1, 0.15) is 5.60 Å². The summed E-state index contributed by atoms with van der Waals surface area (Å²) in [4.78, 5) is 2.52. The predicted octanol–water partition coefficient (Wildman–Crippen LogP) is 0.997. The number of rotatable bonds is 6. The molecule has 0 aliphatic carbocycles. The molecule has 0 radical (unpaired) electrons. The van der Waals surface area contributed by atoms with Crippen molar-refractivity contribution in [2.24, 2.45) is 5.73 Å². The third-order valence-corrected chi connectivity index (χ3v) is 3.88. The highest BCUT2D eigenvalue weighted by molar-refractivity contribution is 4.84. The van der Waals surface area contributed by atoms with Crippen molar-refractivity contribution in [3.8, 4) is 0 Å². The molecule has 2 heterocycles. The molecular formula is C13H26N2O2. The molecule has 2 fully saturated rings. The lowest BCUT2D eigenvalue weighted by Crippen LogP contribution is -2.48. The first kappa shape index (κ1) is 13.3. The molecule has 1 unspecified atom stereocenters. The van der Waals surface area contributed by atoms with Crippen molar-refractivity contribution in [2.75, 3.05) is 46.0 Å². The lowest BCUT2D eigenvalue weighted by molar-refractivity contribution is -0.123. The van der Waals surface area contributed by atoms with Crippen molar-refractivity contribution < 1.29 is 9.47 Å². The van der Waals surface area contributed by atoms with Crippen LogP contribution in [0.15, 0.2) is 0 Å². The summed E-state index contributed by atoms with van der Waals surface area (Å²) >= 11 is 0. The fourth-order valence-electron chi connectivity index (χ4n) is 2.74. The van der Waals surface area contributed by atoms with Crippen LogP contribution in [0.4, 0.5) is 0 Å². The van der Waals surface area contributed by atoms with Crippen LogP contribution in [0.5, 0.6) is 0 Å². The van der Waals surface area contributed by atoms with Crippen LogP contribution in [0.25, 0.3) is 0 Å². The number of hydrogen-bond donors (Lipinski definition) is 1.